The van der Waals surface area contributed by atoms with E-state index in [9.17, 15) is 0 Å². The van der Waals surface area contributed by atoms with Gasteiger partial charge in [-0.25, -0.2) is 19.9 Å². The van der Waals surface area contributed by atoms with Crippen molar-refractivity contribution in [1.29, 1.82) is 0 Å². The van der Waals surface area contributed by atoms with Gasteiger partial charge in [-0.1, -0.05) is 0 Å². The van der Waals surface area contributed by atoms with Gasteiger partial charge in [0.25, 0.3) is 0 Å². The standard InChI is InChI=1S/C9H8ClN5S/c1-5-2-13-9(14-3-5)16-7-6(11)4-12-8(10)15-7/h2-4H,11H2,1H3. The second kappa shape index (κ2) is 4.63. The number of anilines is 1. The maximum absolute atomic E-state index is 5.71. The molecule has 0 atom stereocenters. The molecule has 0 radical (unpaired) electrons. The Morgan fingerprint density at radius 2 is 1.88 bits per heavy atom. The fraction of sp³-hybridized carbons (Fsp3) is 0.111. The van der Waals surface area contributed by atoms with Gasteiger partial charge in [0.1, 0.15) is 5.03 Å². The number of hydrogen-bond donors (Lipinski definition) is 1. The van der Waals surface area contributed by atoms with Gasteiger partial charge in [-0.05, 0) is 35.9 Å². The molecule has 2 heterocycles. The molecule has 0 aliphatic rings. The minimum atomic E-state index is 0.156. The van der Waals surface area contributed by atoms with Crippen LogP contribution in [0.2, 0.25) is 5.28 Å². The Hall–Kier alpha value is -1.40. The zero-order valence-corrected chi connectivity index (χ0v) is 9.96. The number of hydrogen-bond acceptors (Lipinski definition) is 6. The minimum absolute atomic E-state index is 0.156. The van der Waals surface area contributed by atoms with Crippen LogP contribution in [0.4, 0.5) is 5.69 Å². The molecule has 0 aliphatic heterocycles. The summed E-state index contributed by atoms with van der Waals surface area (Å²) in [5.74, 6) is 0. The number of rotatable bonds is 2. The van der Waals surface area contributed by atoms with Crippen molar-refractivity contribution in [3.8, 4) is 0 Å². The molecule has 2 N–H and O–H groups in total. The summed E-state index contributed by atoms with van der Waals surface area (Å²) in [5, 5.41) is 1.29. The maximum Gasteiger partial charge on any atom is 0.223 e. The van der Waals surface area contributed by atoms with Gasteiger partial charge in [0.15, 0.2) is 5.16 Å². The summed E-state index contributed by atoms with van der Waals surface area (Å²) in [5.41, 5.74) is 7.16. The first-order valence-corrected chi connectivity index (χ1v) is 5.59. The van der Waals surface area contributed by atoms with Crippen molar-refractivity contribution >= 4 is 29.1 Å². The number of aryl methyl sites for hydroxylation is 1. The molecule has 0 bridgehead atoms. The highest BCUT2D eigenvalue weighted by Crippen LogP contribution is 2.27. The van der Waals surface area contributed by atoms with Gasteiger partial charge in [-0.15, -0.1) is 0 Å². The minimum Gasteiger partial charge on any atom is -0.395 e. The predicted molar refractivity (Wildman–Crippen MR) is 62.3 cm³/mol. The van der Waals surface area contributed by atoms with E-state index in [0.29, 0.717) is 15.9 Å². The molecule has 16 heavy (non-hydrogen) atoms. The van der Waals surface area contributed by atoms with Gasteiger partial charge in [-0.2, -0.15) is 0 Å². The van der Waals surface area contributed by atoms with Crippen LogP contribution in [-0.2, 0) is 0 Å². The summed E-state index contributed by atoms with van der Waals surface area (Å²) < 4.78 is 0. The molecule has 2 aromatic rings. The van der Waals surface area contributed by atoms with Gasteiger partial charge in [-0.3, -0.25) is 0 Å². The van der Waals surface area contributed by atoms with Crippen molar-refractivity contribution in [2.75, 3.05) is 5.73 Å². The second-order valence-electron chi connectivity index (χ2n) is 3.04. The van der Waals surface area contributed by atoms with E-state index in [1.807, 2.05) is 6.92 Å². The summed E-state index contributed by atoms with van der Waals surface area (Å²) in [4.78, 5) is 16.0. The Labute approximate surface area is 101 Å². The first-order chi connectivity index (χ1) is 7.65. The lowest BCUT2D eigenvalue weighted by atomic mass is 10.4. The lowest BCUT2D eigenvalue weighted by Crippen LogP contribution is -1.95. The van der Waals surface area contributed by atoms with E-state index in [2.05, 4.69) is 19.9 Å². The summed E-state index contributed by atoms with van der Waals surface area (Å²) in [6, 6.07) is 0. The van der Waals surface area contributed by atoms with E-state index < -0.39 is 0 Å². The lowest BCUT2D eigenvalue weighted by molar-refractivity contribution is 0.942. The van der Waals surface area contributed by atoms with Crippen LogP contribution in [0.25, 0.3) is 0 Å². The molecular weight excluding hydrogens is 246 g/mol. The van der Waals surface area contributed by atoms with Crippen LogP contribution in [0.1, 0.15) is 5.56 Å². The Bertz CT molecular complexity index is 502. The topological polar surface area (TPSA) is 77.6 Å². The third-order valence-electron chi connectivity index (χ3n) is 1.70. The van der Waals surface area contributed by atoms with Crippen LogP contribution < -0.4 is 5.73 Å². The van der Waals surface area contributed by atoms with Crippen LogP contribution in [0.5, 0.6) is 0 Å². The average Bonchev–Trinajstić information content (AvgIpc) is 2.27. The molecule has 0 aliphatic carbocycles. The summed E-state index contributed by atoms with van der Waals surface area (Å²) in [6.45, 7) is 1.92. The van der Waals surface area contributed by atoms with Crippen molar-refractivity contribution in [2.45, 2.75) is 17.1 Å². The molecule has 0 saturated heterocycles. The molecule has 0 amide bonds. The van der Waals surface area contributed by atoms with Crippen molar-refractivity contribution < 1.29 is 0 Å². The largest absolute Gasteiger partial charge is 0.395 e. The van der Waals surface area contributed by atoms with Crippen LogP contribution in [-0.4, -0.2) is 19.9 Å². The molecule has 0 aromatic carbocycles. The van der Waals surface area contributed by atoms with Crippen molar-refractivity contribution in [1.82, 2.24) is 19.9 Å². The quantitative estimate of drug-likeness (QED) is 0.651. The van der Waals surface area contributed by atoms with E-state index in [1.54, 1.807) is 12.4 Å². The van der Waals surface area contributed by atoms with E-state index in [0.717, 1.165) is 5.56 Å². The lowest BCUT2D eigenvalue weighted by Gasteiger charge is -2.02. The van der Waals surface area contributed by atoms with Crippen LogP contribution in [0.15, 0.2) is 28.8 Å². The molecule has 0 fully saturated rings. The molecule has 82 valence electrons. The van der Waals surface area contributed by atoms with Crippen molar-refractivity contribution in [2.24, 2.45) is 0 Å². The number of nitrogens with zero attached hydrogens (tertiary/aromatic N) is 4. The first-order valence-electron chi connectivity index (χ1n) is 4.39. The molecule has 2 rings (SSSR count). The highest BCUT2D eigenvalue weighted by Gasteiger charge is 2.07. The van der Waals surface area contributed by atoms with Gasteiger partial charge in [0, 0.05) is 12.4 Å². The summed E-state index contributed by atoms with van der Waals surface area (Å²) >= 11 is 6.93. The zero-order valence-electron chi connectivity index (χ0n) is 8.38. The van der Waals surface area contributed by atoms with E-state index >= 15 is 0 Å². The average molecular weight is 254 g/mol. The number of nitrogen functional groups attached to an aromatic ring is 1. The van der Waals surface area contributed by atoms with Gasteiger partial charge >= 0.3 is 0 Å². The molecular formula is C9H8ClN5S. The third kappa shape index (κ3) is 2.59. The fourth-order valence-corrected chi connectivity index (χ4v) is 1.83. The van der Waals surface area contributed by atoms with Crippen LogP contribution >= 0.6 is 23.4 Å². The van der Waals surface area contributed by atoms with Gasteiger partial charge in [0.05, 0.1) is 11.9 Å². The van der Waals surface area contributed by atoms with Crippen LogP contribution in [0.3, 0.4) is 0 Å². The Morgan fingerprint density at radius 3 is 2.56 bits per heavy atom. The summed E-state index contributed by atoms with van der Waals surface area (Å²) in [6.07, 6.45) is 4.93. The van der Waals surface area contributed by atoms with Gasteiger partial charge < -0.3 is 5.73 Å². The number of nitrogens with two attached hydrogens (primary N) is 1. The Morgan fingerprint density at radius 1 is 1.19 bits per heavy atom. The maximum atomic E-state index is 5.71. The van der Waals surface area contributed by atoms with Crippen LogP contribution in [0, 0.1) is 6.92 Å². The predicted octanol–water partition coefficient (Wildman–Crippen LogP) is 1.96. The molecule has 0 unspecified atom stereocenters. The van der Waals surface area contributed by atoms with E-state index in [4.69, 9.17) is 17.3 Å². The molecule has 5 nitrogen and oxygen atoms in total. The highest BCUT2D eigenvalue weighted by molar-refractivity contribution is 7.99. The smallest absolute Gasteiger partial charge is 0.223 e. The van der Waals surface area contributed by atoms with Crippen molar-refractivity contribution in [3.05, 3.63) is 29.4 Å². The number of halogens is 1. The number of aromatic nitrogens is 4. The Kier molecular flexibility index (Phi) is 3.21. The monoisotopic (exact) mass is 253 g/mol. The summed E-state index contributed by atoms with van der Waals surface area (Å²) in [7, 11) is 0. The first kappa shape index (κ1) is 11.1. The molecule has 0 saturated carbocycles. The molecule has 7 heteroatoms. The zero-order chi connectivity index (χ0) is 11.5. The highest BCUT2D eigenvalue weighted by atomic mass is 35.5. The van der Waals surface area contributed by atoms with Gasteiger partial charge in [0.2, 0.25) is 5.28 Å². The fourth-order valence-electron chi connectivity index (χ4n) is 0.957. The van der Waals surface area contributed by atoms with E-state index in [1.165, 1.54) is 18.0 Å². The second-order valence-corrected chi connectivity index (χ2v) is 4.34. The van der Waals surface area contributed by atoms with Crippen molar-refractivity contribution in [3.63, 3.8) is 0 Å². The SMILES string of the molecule is Cc1cnc(Sc2nc(Cl)ncc2N)nc1. The Balaban J connectivity index is 2.26. The third-order valence-corrected chi connectivity index (χ3v) is 2.79. The van der Waals surface area contributed by atoms with E-state index in [-0.39, 0.29) is 5.28 Å². The molecule has 2 aromatic heterocycles. The normalized spacial score (nSPS) is 10.4. The molecule has 0 spiro atoms.